The topological polar surface area (TPSA) is 49.3 Å². The minimum Gasteiger partial charge on any atom is -0.377 e. The standard InChI is InChI=1S/C24H40N4O2.HI/c1-5-25-24(26-17-20-10-9-19(2)16-23(20)27(3)4)28-13-11-21(12-14-28)30-18-22-8-6-7-15-29-22;/h9-10,16,21-22H,5-8,11-15,17-18H2,1-4H3,(H,25,26);1H. The van der Waals surface area contributed by atoms with E-state index in [1.165, 1.54) is 29.7 Å². The number of rotatable bonds is 7. The summed E-state index contributed by atoms with van der Waals surface area (Å²) in [5, 5.41) is 3.48. The molecule has 176 valence electrons. The molecule has 0 aliphatic carbocycles. The van der Waals surface area contributed by atoms with Gasteiger partial charge in [-0.2, -0.15) is 0 Å². The van der Waals surface area contributed by atoms with Crippen LogP contribution in [-0.2, 0) is 16.0 Å². The van der Waals surface area contributed by atoms with Gasteiger partial charge in [0.2, 0.25) is 0 Å². The molecule has 0 saturated carbocycles. The minimum atomic E-state index is 0. The molecule has 0 bridgehead atoms. The van der Waals surface area contributed by atoms with Crippen LogP contribution in [0.15, 0.2) is 23.2 Å². The van der Waals surface area contributed by atoms with Crippen molar-refractivity contribution in [3.8, 4) is 0 Å². The molecule has 3 rings (SSSR count). The summed E-state index contributed by atoms with van der Waals surface area (Å²) < 4.78 is 12.0. The fourth-order valence-corrected chi connectivity index (χ4v) is 4.23. The second-order valence-corrected chi connectivity index (χ2v) is 8.71. The Morgan fingerprint density at radius 2 is 2.00 bits per heavy atom. The van der Waals surface area contributed by atoms with Crippen LogP contribution in [0.3, 0.4) is 0 Å². The van der Waals surface area contributed by atoms with E-state index in [0.29, 0.717) is 18.8 Å². The monoisotopic (exact) mass is 544 g/mol. The Balaban J connectivity index is 0.00000341. The van der Waals surface area contributed by atoms with Crippen LogP contribution in [0.1, 0.15) is 50.2 Å². The summed E-state index contributed by atoms with van der Waals surface area (Å²) in [5.74, 6) is 1.01. The van der Waals surface area contributed by atoms with Crippen molar-refractivity contribution in [2.45, 2.75) is 64.7 Å². The van der Waals surface area contributed by atoms with E-state index in [1.54, 1.807) is 0 Å². The smallest absolute Gasteiger partial charge is 0.194 e. The Morgan fingerprint density at radius 1 is 1.23 bits per heavy atom. The lowest BCUT2D eigenvalue weighted by molar-refractivity contribution is -0.0721. The molecule has 1 atom stereocenters. The molecule has 7 heteroatoms. The van der Waals surface area contributed by atoms with Crippen molar-refractivity contribution in [1.29, 1.82) is 0 Å². The molecule has 1 N–H and O–H groups in total. The molecule has 2 saturated heterocycles. The van der Waals surface area contributed by atoms with Crippen molar-refractivity contribution in [2.24, 2.45) is 4.99 Å². The fourth-order valence-electron chi connectivity index (χ4n) is 4.23. The van der Waals surface area contributed by atoms with Gasteiger partial charge in [0.15, 0.2) is 5.96 Å². The quantitative estimate of drug-likeness (QED) is 0.317. The average molecular weight is 545 g/mol. The molecule has 1 aromatic rings. The molecule has 1 aromatic carbocycles. The van der Waals surface area contributed by atoms with Gasteiger partial charge in [-0.15, -0.1) is 24.0 Å². The number of likely N-dealkylation sites (tertiary alicyclic amines) is 1. The number of nitrogens with one attached hydrogen (secondary N) is 1. The molecule has 31 heavy (non-hydrogen) atoms. The number of aliphatic imine (C=N–C) groups is 1. The number of piperidine rings is 1. The van der Waals surface area contributed by atoms with Gasteiger partial charge in [-0.05, 0) is 63.1 Å². The summed E-state index contributed by atoms with van der Waals surface area (Å²) in [7, 11) is 4.19. The van der Waals surface area contributed by atoms with E-state index in [9.17, 15) is 0 Å². The highest BCUT2D eigenvalue weighted by atomic mass is 127. The zero-order chi connectivity index (χ0) is 21.3. The maximum atomic E-state index is 6.18. The Bertz CT molecular complexity index is 684. The van der Waals surface area contributed by atoms with E-state index < -0.39 is 0 Å². The molecule has 0 spiro atoms. The molecule has 0 aromatic heterocycles. The predicted octanol–water partition coefficient (Wildman–Crippen LogP) is 4.19. The predicted molar refractivity (Wildman–Crippen MR) is 140 cm³/mol. The minimum absolute atomic E-state index is 0. The van der Waals surface area contributed by atoms with E-state index >= 15 is 0 Å². The molecule has 6 nitrogen and oxygen atoms in total. The largest absolute Gasteiger partial charge is 0.377 e. The van der Waals surface area contributed by atoms with Gasteiger partial charge in [0, 0.05) is 46.0 Å². The zero-order valence-corrected chi connectivity index (χ0v) is 22.1. The fraction of sp³-hybridized carbons (Fsp3) is 0.708. The summed E-state index contributed by atoms with van der Waals surface area (Å²) >= 11 is 0. The highest BCUT2D eigenvalue weighted by molar-refractivity contribution is 14.0. The van der Waals surface area contributed by atoms with E-state index in [0.717, 1.165) is 58.1 Å². The number of hydrogen-bond acceptors (Lipinski definition) is 4. The van der Waals surface area contributed by atoms with Crippen LogP contribution in [0.5, 0.6) is 0 Å². The molecule has 0 radical (unpaired) electrons. The Morgan fingerprint density at radius 3 is 2.65 bits per heavy atom. The molecular weight excluding hydrogens is 503 g/mol. The number of halogens is 1. The summed E-state index contributed by atoms with van der Waals surface area (Å²) in [6, 6.07) is 6.60. The maximum Gasteiger partial charge on any atom is 0.194 e. The van der Waals surface area contributed by atoms with Gasteiger partial charge in [-0.1, -0.05) is 12.1 Å². The van der Waals surface area contributed by atoms with Gasteiger partial charge in [0.1, 0.15) is 0 Å². The van der Waals surface area contributed by atoms with Crippen molar-refractivity contribution >= 4 is 35.6 Å². The van der Waals surface area contributed by atoms with Gasteiger partial charge >= 0.3 is 0 Å². The van der Waals surface area contributed by atoms with Crippen molar-refractivity contribution in [3.63, 3.8) is 0 Å². The SMILES string of the molecule is CCNC(=NCc1ccc(C)cc1N(C)C)N1CCC(OCC2CCCCO2)CC1.I. The van der Waals surface area contributed by atoms with Gasteiger partial charge < -0.3 is 24.6 Å². The van der Waals surface area contributed by atoms with Crippen LogP contribution in [0, 0.1) is 6.92 Å². The lowest BCUT2D eigenvalue weighted by Crippen LogP contribution is -2.47. The molecule has 0 amide bonds. The van der Waals surface area contributed by atoms with Crippen LogP contribution in [0.2, 0.25) is 0 Å². The first-order valence-corrected chi connectivity index (χ1v) is 11.6. The zero-order valence-electron chi connectivity index (χ0n) is 19.7. The lowest BCUT2D eigenvalue weighted by atomic mass is 10.1. The summed E-state index contributed by atoms with van der Waals surface area (Å²) in [4.78, 5) is 9.52. The Labute approximate surface area is 205 Å². The van der Waals surface area contributed by atoms with Gasteiger partial charge in [0.05, 0.1) is 25.4 Å². The molecule has 2 aliphatic heterocycles. The third-order valence-electron chi connectivity index (χ3n) is 5.99. The summed E-state index contributed by atoms with van der Waals surface area (Å²) in [6.45, 7) is 9.44. The molecule has 2 heterocycles. The highest BCUT2D eigenvalue weighted by Crippen LogP contribution is 2.22. The number of ether oxygens (including phenoxy) is 2. The van der Waals surface area contributed by atoms with Crippen LogP contribution in [0.4, 0.5) is 5.69 Å². The normalized spacial score (nSPS) is 20.3. The van der Waals surface area contributed by atoms with Gasteiger partial charge in [-0.3, -0.25) is 0 Å². The summed E-state index contributed by atoms with van der Waals surface area (Å²) in [5.41, 5.74) is 3.78. The Kier molecular flexibility index (Phi) is 11.4. The number of anilines is 1. The van der Waals surface area contributed by atoms with Crippen LogP contribution >= 0.6 is 24.0 Å². The highest BCUT2D eigenvalue weighted by Gasteiger charge is 2.23. The molecular formula is C24H41IN4O2. The van der Waals surface area contributed by atoms with Gasteiger partial charge in [0.25, 0.3) is 0 Å². The third kappa shape index (κ3) is 8.09. The molecule has 2 fully saturated rings. The average Bonchev–Trinajstić information content (AvgIpc) is 2.77. The van der Waals surface area contributed by atoms with Crippen LogP contribution in [0.25, 0.3) is 0 Å². The van der Waals surface area contributed by atoms with Crippen molar-refractivity contribution in [2.75, 3.05) is 51.8 Å². The summed E-state index contributed by atoms with van der Waals surface area (Å²) in [6.07, 6.45) is 6.34. The van der Waals surface area contributed by atoms with Crippen molar-refractivity contribution in [1.82, 2.24) is 10.2 Å². The number of nitrogens with zero attached hydrogens (tertiary/aromatic N) is 3. The van der Waals surface area contributed by atoms with E-state index in [2.05, 4.69) is 61.3 Å². The Hall–Kier alpha value is -1.06. The first-order chi connectivity index (χ1) is 14.6. The number of aryl methyl sites for hydroxylation is 1. The van der Waals surface area contributed by atoms with Crippen LogP contribution in [-0.4, -0.2) is 70.0 Å². The number of benzene rings is 1. The van der Waals surface area contributed by atoms with E-state index in [4.69, 9.17) is 14.5 Å². The second-order valence-electron chi connectivity index (χ2n) is 8.71. The van der Waals surface area contributed by atoms with E-state index in [-0.39, 0.29) is 24.0 Å². The molecule has 2 aliphatic rings. The first-order valence-electron chi connectivity index (χ1n) is 11.6. The number of guanidine groups is 1. The van der Waals surface area contributed by atoms with E-state index in [1.807, 2.05) is 0 Å². The number of hydrogen-bond donors (Lipinski definition) is 1. The van der Waals surface area contributed by atoms with Crippen LogP contribution < -0.4 is 10.2 Å². The molecule has 1 unspecified atom stereocenters. The van der Waals surface area contributed by atoms with Crippen molar-refractivity contribution in [3.05, 3.63) is 29.3 Å². The first kappa shape index (κ1) is 26.2. The van der Waals surface area contributed by atoms with Gasteiger partial charge in [-0.25, -0.2) is 4.99 Å². The third-order valence-corrected chi connectivity index (χ3v) is 5.99. The maximum absolute atomic E-state index is 6.18. The van der Waals surface area contributed by atoms with Crippen molar-refractivity contribution < 1.29 is 9.47 Å². The lowest BCUT2D eigenvalue weighted by Gasteiger charge is -2.35. The second kappa shape index (κ2) is 13.5.